The molecular formula is C15H19ClN4OS. The first-order valence-corrected chi connectivity index (χ1v) is 8.34. The lowest BCUT2D eigenvalue weighted by Gasteiger charge is -2.10. The summed E-state index contributed by atoms with van der Waals surface area (Å²) < 4.78 is 0. The Hall–Kier alpha value is -1.53. The summed E-state index contributed by atoms with van der Waals surface area (Å²) in [5.41, 5.74) is 0.681. The van der Waals surface area contributed by atoms with Crippen LogP contribution in [0.4, 0.5) is 5.69 Å². The highest BCUT2D eigenvalue weighted by molar-refractivity contribution is 8.00. The first-order chi connectivity index (χ1) is 10.4. The standard InChI is InChI=1S/C15H19ClN4OS/c1-9(2)7-13-18-15(20-19-13)22-10(3)14(21)17-12-6-4-5-11(16)8-12/h4-6,8-10H,7H2,1-3H3,(H,17,21)(H,18,19,20). The van der Waals surface area contributed by atoms with Crippen molar-refractivity contribution >= 4 is 35.0 Å². The van der Waals surface area contributed by atoms with E-state index in [0.29, 0.717) is 21.8 Å². The number of aromatic amines is 1. The molecule has 0 bridgehead atoms. The lowest BCUT2D eigenvalue weighted by atomic mass is 10.1. The van der Waals surface area contributed by atoms with Gasteiger partial charge in [0.15, 0.2) is 0 Å². The van der Waals surface area contributed by atoms with Gasteiger partial charge in [-0.2, -0.15) is 0 Å². The van der Waals surface area contributed by atoms with E-state index in [1.54, 1.807) is 24.3 Å². The number of carbonyl (C=O) groups is 1. The highest BCUT2D eigenvalue weighted by atomic mass is 35.5. The van der Waals surface area contributed by atoms with Crippen molar-refractivity contribution in [2.45, 2.75) is 37.6 Å². The molecule has 0 aliphatic carbocycles. The molecule has 22 heavy (non-hydrogen) atoms. The number of H-pyrrole nitrogens is 1. The number of hydrogen-bond donors (Lipinski definition) is 2. The van der Waals surface area contributed by atoms with Crippen LogP contribution in [-0.2, 0) is 11.2 Å². The normalized spacial score (nSPS) is 12.4. The second kappa shape index (κ2) is 7.65. The number of thioether (sulfide) groups is 1. The number of halogens is 1. The molecule has 2 N–H and O–H groups in total. The zero-order chi connectivity index (χ0) is 16.1. The molecule has 1 unspecified atom stereocenters. The Bertz CT molecular complexity index is 644. The summed E-state index contributed by atoms with van der Waals surface area (Å²) in [5.74, 6) is 1.25. The van der Waals surface area contributed by atoms with E-state index in [1.165, 1.54) is 11.8 Å². The topological polar surface area (TPSA) is 70.7 Å². The van der Waals surface area contributed by atoms with Gasteiger partial charge in [-0.25, -0.2) is 4.98 Å². The number of anilines is 1. The molecule has 1 aromatic heterocycles. The third-order valence-electron chi connectivity index (χ3n) is 2.86. The van der Waals surface area contributed by atoms with Crippen molar-refractivity contribution < 1.29 is 4.79 Å². The average molecular weight is 339 g/mol. The molecule has 0 spiro atoms. The molecule has 2 rings (SSSR count). The van der Waals surface area contributed by atoms with Gasteiger partial charge in [0.25, 0.3) is 0 Å². The molecule has 1 heterocycles. The summed E-state index contributed by atoms with van der Waals surface area (Å²) in [5, 5.41) is 10.7. The molecule has 1 amide bonds. The molecule has 0 fully saturated rings. The lowest BCUT2D eigenvalue weighted by Crippen LogP contribution is -2.22. The quantitative estimate of drug-likeness (QED) is 0.786. The predicted molar refractivity (Wildman–Crippen MR) is 90.3 cm³/mol. The van der Waals surface area contributed by atoms with Crippen LogP contribution in [0.1, 0.15) is 26.6 Å². The summed E-state index contributed by atoms with van der Waals surface area (Å²) >= 11 is 7.23. The van der Waals surface area contributed by atoms with Crippen molar-refractivity contribution in [3.05, 3.63) is 35.1 Å². The van der Waals surface area contributed by atoms with Crippen molar-refractivity contribution in [1.82, 2.24) is 15.2 Å². The maximum absolute atomic E-state index is 12.2. The van der Waals surface area contributed by atoms with Crippen LogP contribution in [0.3, 0.4) is 0 Å². The zero-order valence-corrected chi connectivity index (χ0v) is 14.3. The monoisotopic (exact) mass is 338 g/mol. The second-order valence-electron chi connectivity index (χ2n) is 5.42. The maximum atomic E-state index is 12.2. The average Bonchev–Trinajstić information content (AvgIpc) is 2.85. The van der Waals surface area contributed by atoms with Crippen LogP contribution in [0.15, 0.2) is 29.4 Å². The zero-order valence-electron chi connectivity index (χ0n) is 12.8. The Morgan fingerprint density at radius 2 is 2.18 bits per heavy atom. The fourth-order valence-corrected chi connectivity index (χ4v) is 2.76. The molecule has 7 heteroatoms. The Balaban J connectivity index is 1.92. The first-order valence-electron chi connectivity index (χ1n) is 7.08. The molecule has 0 radical (unpaired) electrons. The van der Waals surface area contributed by atoms with Crippen LogP contribution in [0.2, 0.25) is 5.02 Å². The molecule has 0 aliphatic rings. The number of amides is 1. The number of rotatable bonds is 6. The van der Waals surface area contributed by atoms with Gasteiger partial charge in [-0.3, -0.25) is 9.89 Å². The van der Waals surface area contributed by atoms with Crippen molar-refractivity contribution in [2.75, 3.05) is 5.32 Å². The van der Waals surface area contributed by atoms with Gasteiger partial charge >= 0.3 is 0 Å². The van der Waals surface area contributed by atoms with Gasteiger partial charge in [0.05, 0.1) is 5.25 Å². The van der Waals surface area contributed by atoms with E-state index in [0.717, 1.165) is 12.2 Å². The number of nitrogens with one attached hydrogen (secondary N) is 2. The minimum Gasteiger partial charge on any atom is -0.325 e. The van der Waals surface area contributed by atoms with E-state index in [-0.39, 0.29) is 11.2 Å². The van der Waals surface area contributed by atoms with Crippen molar-refractivity contribution in [3.8, 4) is 0 Å². The van der Waals surface area contributed by atoms with Crippen molar-refractivity contribution in [1.29, 1.82) is 0 Å². The van der Waals surface area contributed by atoms with Crippen LogP contribution in [0, 0.1) is 5.92 Å². The van der Waals surface area contributed by atoms with E-state index in [1.807, 2.05) is 6.92 Å². The molecule has 0 saturated heterocycles. The molecular weight excluding hydrogens is 320 g/mol. The van der Waals surface area contributed by atoms with Crippen LogP contribution >= 0.6 is 23.4 Å². The molecule has 5 nitrogen and oxygen atoms in total. The summed E-state index contributed by atoms with van der Waals surface area (Å²) in [6.07, 6.45) is 0.844. The summed E-state index contributed by atoms with van der Waals surface area (Å²) in [6, 6.07) is 7.07. The lowest BCUT2D eigenvalue weighted by molar-refractivity contribution is -0.115. The highest BCUT2D eigenvalue weighted by Gasteiger charge is 2.17. The van der Waals surface area contributed by atoms with Crippen LogP contribution in [-0.4, -0.2) is 26.3 Å². The summed E-state index contributed by atoms with van der Waals surface area (Å²) in [4.78, 5) is 16.6. The number of benzene rings is 1. The smallest absolute Gasteiger partial charge is 0.237 e. The third kappa shape index (κ3) is 5.03. The first kappa shape index (κ1) is 16.8. The molecule has 118 valence electrons. The Kier molecular flexibility index (Phi) is 5.85. The van der Waals surface area contributed by atoms with Gasteiger partial charge in [0.1, 0.15) is 5.82 Å². The molecule has 1 atom stereocenters. The maximum Gasteiger partial charge on any atom is 0.237 e. The summed E-state index contributed by atoms with van der Waals surface area (Å²) in [7, 11) is 0. The van der Waals surface area contributed by atoms with E-state index in [9.17, 15) is 4.79 Å². The number of hydrogen-bond acceptors (Lipinski definition) is 4. The Morgan fingerprint density at radius 3 is 2.86 bits per heavy atom. The van der Waals surface area contributed by atoms with Gasteiger partial charge in [0.2, 0.25) is 11.1 Å². The molecule has 1 aromatic carbocycles. The van der Waals surface area contributed by atoms with Crippen LogP contribution < -0.4 is 5.32 Å². The van der Waals surface area contributed by atoms with E-state index in [4.69, 9.17) is 11.6 Å². The van der Waals surface area contributed by atoms with Crippen LogP contribution in [0.25, 0.3) is 0 Å². The van der Waals surface area contributed by atoms with Gasteiger partial charge in [-0.1, -0.05) is 43.3 Å². The van der Waals surface area contributed by atoms with Gasteiger partial charge < -0.3 is 5.32 Å². The van der Waals surface area contributed by atoms with Crippen molar-refractivity contribution in [3.63, 3.8) is 0 Å². The molecule has 2 aromatic rings. The molecule has 0 aliphatic heterocycles. The van der Waals surface area contributed by atoms with Gasteiger partial charge in [-0.15, -0.1) is 5.10 Å². The number of carbonyl (C=O) groups excluding carboxylic acids is 1. The van der Waals surface area contributed by atoms with Gasteiger partial charge in [0, 0.05) is 17.1 Å². The van der Waals surface area contributed by atoms with Gasteiger partial charge in [-0.05, 0) is 31.0 Å². The minimum atomic E-state index is -0.304. The number of nitrogens with zero attached hydrogens (tertiary/aromatic N) is 2. The second-order valence-corrected chi connectivity index (χ2v) is 7.17. The number of aromatic nitrogens is 3. The fourth-order valence-electron chi connectivity index (χ4n) is 1.83. The van der Waals surface area contributed by atoms with Crippen molar-refractivity contribution in [2.24, 2.45) is 5.92 Å². The van der Waals surface area contributed by atoms with Crippen LogP contribution in [0.5, 0.6) is 0 Å². The van der Waals surface area contributed by atoms with E-state index >= 15 is 0 Å². The minimum absolute atomic E-state index is 0.109. The fraction of sp³-hybridized carbons (Fsp3) is 0.400. The Labute approximate surface area is 139 Å². The summed E-state index contributed by atoms with van der Waals surface area (Å²) in [6.45, 7) is 6.07. The van der Waals surface area contributed by atoms with E-state index < -0.39 is 0 Å². The largest absolute Gasteiger partial charge is 0.325 e. The SMILES string of the molecule is CC(C)Cc1nc(SC(C)C(=O)Nc2cccc(Cl)c2)n[nH]1. The third-order valence-corrected chi connectivity index (χ3v) is 4.05. The Morgan fingerprint density at radius 1 is 1.41 bits per heavy atom. The highest BCUT2D eigenvalue weighted by Crippen LogP contribution is 2.22. The molecule has 0 saturated carbocycles. The van der Waals surface area contributed by atoms with E-state index in [2.05, 4.69) is 34.3 Å². The predicted octanol–water partition coefficient (Wildman–Crippen LogP) is 3.78.